The fraction of sp³-hybridized carbons (Fsp3) is 0.148. The summed E-state index contributed by atoms with van der Waals surface area (Å²) in [6, 6.07) is 23.5. The van der Waals surface area contributed by atoms with Crippen LogP contribution in [0, 0.1) is 0 Å². The molecule has 0 saturated heterocycles. The van der Waals surface area contributed by atoms with Crippen LogP contribution in [0.1, 0.15) is 29.2 Å². The predicted octanol–water partition coefficient (Wildman–Crippen LogP) is 6.68. The molecule has 1 unspecified atom stereocenters. The molecule has 35 heavy (non-hydrogen) atoms. The second-order valence-electron chi connectivity index (χ2n) is 8.48. The molecule has 2 heterocycles. The van der Waals surface area contributed by atoms with E-state index in [0.717, 1.165) is 38.8 Å². The first-order valence-electron chi connectivity index (χ1n) is 11.1. The van der Waals surface area contributed by atoms with Crippen LogP contribution in [0.25, 0.3) is 6.08 Å². The summed E-state index contributed by atoms with van der Waals surface area (Å²) in [5, 5.41) is 16.9. The summed E-state index contributed by atoms with van der Waals surface area (Å²) in [5.41, 5.74) is 4.77. The molecule has 3 aromatic carbocycles. The molecular formula is C27H23BrN4O2S. The number of halogens is 1. The van der Waals surface area contributed by atoms with Crippen molar-refractivity contribution in [2.24, 2.45) is 10.1 Å². The summed E-state index contributed by atoms with van der Waals surface area (Å²) in [6.07, 6.45) is 2.47. The van der Waals surface area contributed by atoms with Crippen LogP contribution in [0.15, 0.2) is 92.3 Å². The van der Waals surface area contributed by atoms with Crippen molar-refractivity contribution in [2.45, 2.75) is 12.5 Å². The third-order valence-corrected chi connectivity index (χ3v) is 7.20. The number of hydrogen-bond acceptors (Lipinski definition) is 6. The molecule has 6 nitrogen and oxygen atoms in total. The Morgan fingerprint density at radius 3 is 2.54 bits per heavy atom. The van der Waals surface area contributed by atoms with E-state index < -0.39 is 0 Å². The Balaban J connectivity index is 1.57. The molecule has 2 aliphatic heterocycles. The number of aliphatic imine (C=N–C) groups is 1. The summed E-state index contributed by atoms with van der Waals surface area (Å²) in [4.78, 5) is 19.5. The smallest absolute Gasteiger partial charge is 0.311 e. The zero-order valence-corrected chi connectivity index (χ0v) is 21.6. The number of rotatable bonds is 4. The van der Waals surface area contributed by atoms with Crippen LogP contribution in [0.5, 0.6) is 5.75 Å². The largest absolute Gasteiger partial charge is 0.507 e. The van der Waals surface area contributed by atoms with Crippen molar-refractivity contribution in [2.75, 3.05) is 19.0 Å². The van der Waals surface area contributed by atoms with E-state index >= 15 is 0 Å². The van der Waals surface area contributed by atoms with Crippen LogP contribution in [-0.2, 0) is 0 Å². The third-order valence-electron chi connectivity index (χ3n) is 5.92. The van der Waals surface area contributed by atoms with Gasteiger partial charge in [0.05, 0.1) is 16.7 Å². The molecule has 8 heteroatoms. The van der Waals surface area contributed by atoms with E-state index in [1.165, 1.54) is 0 Å². The summed E-state index contributed by atoms with van der Waals surface area (Å²) in [6.45, 7) is 0. The topological polar surface area (TPSA) is 68.5 Å². The number of carbonyl (C=O) groups is 1. The SMILES string of the molecule is CN(C)c1ccc(C2CC(c3ccccc3)=NN2C2=NC(=O)S/C2=C\c2cc(Br)ccc2O)cc1. The van der Waals surface area contributed by atoms with Gasteiger partial charge in [-0.05, 0) is 59.3 Å². The lowest BCUT2D eigenvalue weighted by Crippen LogP contribution is -2.26. The zero-order valence-electron chi connectivity index (χ0n) is 19.2. The number of nitrogens with zero attached hydrogens (tertiary/aromatic N) is 4. The first-order valence-corrected chi connectivity index (χ1v) is 12.7. The number of amides is 1. The fourth-order valence-electron chi connectivity index (χ4n) is 4.11. The summed E-state index contributed by atoms with van der Waals surface area (Å²) in [7, 11) is 4.02. The van der Waals surface area contributed by atoms with Crippen molar-refractivity contribution in [1.82, 2.24) is 5.01 Å². The maximum atomic E-state index is 12.5. The molecule has 0 saturated carbocycles. The van der Waals surface area contributed by atoms with Gasteiger partial charge < -0.3 is 10.0 Å². The molecule has 0 aromatic heterocycles. The monoisotopic (exact) mass is 546 g/mol. The molecule has 1 atom stereocenters. The Labute approximate surface area is 216 Å². The number of carbonyl (C=O) groups excluding carboxylic acids is 1. The average molecular weight is 547 g/mol. The van der Waals surface area contributed by atoms with E-state index in [2.05, 4.69) is 50.1 Å². The van der Waals surface area contributed by atoms with E-state index in [1.54, 1.807) is 18.2 Å². The maximum Gasteiger partial charge on any atom is 0.311 e. The van der Waals surface area contributed by atoms with Gasteiger partial charge in [0.2, 0.25) is 0 Å². The highest BCUT2D eigenvalue weighted by Gasteiger charge is 2.37. The van der Waals surface area contributed by atoms with Gasteiger partial charge in [-0.15, -0.1) is 0 Å². The van der Waals surface area contributed by atoms with Crippen LogP contribution in [0.2, 0.25) is 0 Å². The van der Waals surface area contributed by atoms with Crippen molar-refractivity contribution in [3.63, 3.8) is 0 Å². The van der Waals surface area contributed by atoms with Gasteiger partial charge in [-0.1, -0.05) is 58.4 Å². The van der Waals surface area contributed by atoms with Gasteiger partial charge in [-0.25, -0.2) is 5.01 Å². The summed E-state index contributed by atoms with van der Waals surface area (Å²) >= 11 is 4.49. The Kier molecular flexibility index (Phi) is 6.49. The number of thioether (sulfide) groups is 1. The Morgan fingerprint density at radius 1 is 1.09 bits per heavy atom. The number of aromatic hydroxyl groups is 1. The van der Waals surface area contributed by atoms with Gasteiger partial charge in [0.15, 0.2) is 5.84 Å². The van der Waals surface area contributed by atoms with Crippen molar-refractivity contribution in [3.8, 4) is 5.75 Å². The minimum absolute atomic E-state index is 0.119. The molecule has 3 aromatic rings. The fourth-order valence-corrected chi connectivity index (χ4v) is 5.22. The highest BCUT2D eigenvalue weighted by molar-refractivity contribution is 9.10. The van der Waals surface area contributed by atoms with Crippen LogP contribution in [0.3, 0.4) is 0 Å². The Hall–Kier alpha value is -3.36. The Bertz CT molecular complexity index is 1370. The van der Waals surface area contributed by atoms with E-state index in [-0.39, 0.29) is 17.0 Å². The molecule has 0 bridgehead atoms. The minimum atomic E-state index is -0.300. The average Bonchev–Trinajstić information content (AvgIpc) is 3.45. The Morgan fingerprint density at radius 2 is 1.83 bits per heavy atom. The number of phenols is 1. The number of phenolic OH excluding ortho intramolecular Hbond substituents is 1. The standard InChI is InChI=1S/C27H23BrN4O2S/c1-31(2)21-11-8-18(9-12-21)23-16-22(17-6-4-3-5-7-17)30-32(23)26-25(35-27(34)29-26)15-19-14-20(28)10-13-24(19)33/h3-15,23,33H,16H2,1-2H3/b25-15-. The van der Waals surface area contributed by atoms with E-state index in [9.17, 15) is 9.90 Å². The van der Waals surface area contributed by atoms with Crippen molar-refractivity contribution < 1.29 is 9.90 Å². The van der Waals surface area contributed by atoms with Crippen LogP contribution in [0.4, 0.5) is 10.5 Å². The molecule has 176 valence electrons. The van der Waals surface area contributed by atoms with E-state index in [1.807, 2.05) is 55.5 Å². The van der Waals surface area contributed by atoms with E-state index in [4.69, 9.17) is 5.10 Å². The van der Waals surface area contributed by atoms with Gasteiger partial charge in [-0.2, -0.15) is 10.1 Å². The van der Waals surface area contributed by atoms with Crippen molar-refractivity contribution >= 4 is 56.2 Å². The second kappa shape index (κ2) is 9.71. The van der Waals surface area contributed by atoms with Gasteiger partial charge in [0, 0.05) is 36.2 Å². The van der Waals surface area contributed by atoms with Crippen molar-refractivity contribution in [3.05, 3.63) is 98.9 Å². The summed E-state index contributed by atoms with van der Waals surface area (Å²) < 4.78 is 0.833. The highest BCUT2D eigenvalue weighted by atomic mass is 79.9. The number of anilines is 1. The maximum absolute atomic E-state index is 12.5. The third kappa shape index (κ3) is 4.90. The van der Waals surface area contributed by atoms with Gasteiger partial charge in [-0.3, -0.25) is 4.79 Å². The van der Waals surface area contributed by atoms with Gasteiger partial charge in [0.1, 0.15) is 5.75 Å². The predicted molar refractivity (Wildman–Crippen MR) is 147 cm³/mol. The van der Waals surface area contributed by atoms with Crippen molar-refractivity contribution in [1.29, 1.82) is 0 Å². The molecule has 0 fully saturated rings. The van der Waals surface area contributed by atoms with Gasteiger partial charge >= 0.3 is 5.24 Å². The molecule has 1 amide bonds. The number of hydrazone groups is 1. The first kappa shape index (κ1) is 23.4. The number of benzene rings is 3. The lowest BCUT2D eigenvalue weighted by Gasteiger charge is -2.24. The molecule has 0 spiro atoms. The molecule has 0 aliphatic carbocycles. The first-order chi connectivity index (χ1) is 16.9. The van der Waals surface area contributed by atoms with Crippen LogP contribution < -0.4 is 4.90 Å². The lowest BCUT2D eigenvalue weighted by atomic mass is 9.98. The number of hydrogen-bond donors (Lipinski definition) is 1. The van der Waals surface area contributed by atoms with Crippen LogP contribution >= 0.6 is 27.7 Å². The summed E-state index contributed by atoms with van der Waals surface area (Å²) in [5.74, 6) is 0.623. The molecular weight excluding hydrogens is 524 g/mol. The normalized spacial score (nSPS) is 18.7. The molecule has 0 radical (unpaired) electrons. The lowest BCUT2D eigenvalue weighted by molar-refractivity contribution is 0.267. The van der Waals surface area contributed by atoms with Gasteiger partial charge in [0.25, 0.3) is 0 Å². The zero-order chi connectivity index (χ0) is 24.5. The molecule has 5 rings (SSSR count). The quantitative estimate of drug-likeness (QED) is 0.395. The van der Waals surface area contributed by atoms with Crippen LogP contribution in [-0.4, -0.2) is 41.0 Å². The molecule has 2 aliphatic rings. The van der Waals surface area contributed by atoms with E-state index in [0.29, 0.717) is 22.7 Å². The second-order valence-corrected chi connectivity index (χ2v) is 10.4. The highest BCUT2D eigenvalue weighted by Crippen LogP contribution is 2.40. The minimum Gasteiger partial charge on any atom is -0.507 e. The number of amidine groups is 1. The molecule has 1 N–H and O–H groups in total.